The van der Waals surface area contributed by atoms with Gasteiger partial charge in [0.05, 0.1) is 11.1 Å². The number of aryl methyl sites for hydroxylation is 1. The fourth-order valence-corrected chi connectivity index (χ4v) is 1.68. The molecule has 0 bridgehead atoms. The summed E-state index contributed by atoms with van der Waals surface area (Å²) >= 11 is 0. The van der Waals surface area contributed by atoms with E-state index < -0.39 is 10.8 Å². The second-order valence-corrected chi connectivity index (χ2v) is 4.24. The van der Waals surface area contributed by atoms with Crippen LogP contribution in [0.25, 0.3) is 0 Å². The molecule has 2 aromatic rings. The molecule has 1 aromatic carbocycles. The van der Waals surface area contributed by atoms with Crippen molar-refractivity contribution in [3.8, 4) is 0 Å². The molecule has 1 heterocycles. The lowest BCUT2D eigenvalue weighted by molar-refractivity contribution is -0.385. The number of aromatic nitrogens is 1. The van der Waals surface area contributed by atoms with Crippen molar-refractivity contribution in [1.82, 2.24) is 10.4 Å². The van der Waals surface area contributed by atoms with Crippen LogP contribution in [0.2, 0.25) is 0 Å². The van der Waals surface area contributed by atoms with Crippen LogP contribution < -0.4 is 5.43 Å². The number of nitro groups is 1. The van der Waals surface area contributed by atoms with Crippen LogP contribution in [0.5, 0.6) is 0 Å². The zero-order valence-electron chi connectivity index (χ0n) is 11.2. The number of carbonyl (C=O) groups excluding carboxylic acids is 1. The molecule has 0 unspecified atom stereocenters. The Morgan fingerprint density at radius 3 is 2.86 bits per heavy atom. The fourth-order valence-electron chi connectivity index (χ4n) is 1.68. The third-order valence-electron chi connectivity index (χ3n) is 2.72. The van der Waals surface area contributed by atoms with Gasteiger partial charge in [-0.3, -0.25) is 19.9 Å². The number of hydrazone groups is 1. The molecule has 0 atom stereocenters. The molecule has 0 radical (unpaired) electrons. The van der Waals surface area contributed by atoms with E-state index in [1.165, 1.54) is 24.4 Å². The van der Waals surface area contributed by atoms with Crippen LogP contribution >= 0.6 is 0 Å². The highest BCUT2D eigenvalue weighted by molar-refractivity contribution is 5.95. The molecule has 2 rings (SSSR count). The van der Waals surface area contributed by atoms with E-state index in [9.17, 15) is 14.9 Å². The highest BCUT2D eigenvalue weighted by Gasteiger charge is 2.13. The summed E-state index contributed by atoms with van der Waals surface area (Å²) in [6.45, 7) is 1.58. The first-order valence-corrected chi connectivity index (χ1v) is 6.06. The van der Waals surface area contributed by atoms with E-state index in [2.05, 4.69) is 15.5 Å². The topological polar surface area (TPSA) is 97.5 Å². The highest BCUT2D eigenvalue weighted by atomic mass is 16.6. The summed E-state index contributed by atoms with van der Waals surface area (Å²) in [6, 6.07) is 7.68. The molecular formula is C14H12N4O3. The summed E-state index contributed by atoms with van der Waals surface area (Å²) in [5.41, 5.74) is 3.81. The Balaban J connectivity index is 2.06. The van der Waals surface area contributed by atoms with E-state index in [1.807, 2.05) is 0 Å². The van der Waals surface area contributed by atoms with Gasteiger partial charge in [-0.2, -0.15) is 5.10 Å². The first kappa shape index (κ1) is 14.3. The van der Waals surface area contributed by atoms with Crippen LogP contribution in [0.4, 0.5) is 5.69 Å². The molecule has 1 N–H and O–H groups in total. The number of nitrogens with one attached hydrogen (secondary N) is 1. The van der Waals surface area contributed by atoms with Gasteiger partial charge >= 0.3 is 0 Å². The predicted octanol–water partition coefficient (Wildman–Crippen LogP) is 2.06. The Morgan fingerprint density at radius 1 is 1.43 bits per heavy atom. The number of nitro benzene ring substituents is 1. The maximum atomic E-state index is 11.9. The molecular weight excluding hydrogens is 272 g/mol. The number of pyridine rings is 1. The van der Waals surface area contributed by atoms with Gasteiger partial charge in [-0.15, -0.1) is 0 Å². The van der Waals surface area contributed by atoms with Crippen LogP contribution in [0.1, 0.15) is 21.5 Å². The van der Waals surface area contributed by atoms with E-state index >= 15 is 0 Å². The van der Waals surface area contributed by atoms with Gasteiger partial charge in [0.25, 0.3) is 11.6 Å². The largest absolute Gasteiger partial charge is 0.272 e. The number of nitrogens with zero attached hydrogens (tertiary/aromatic N) is 3. The van der Waals surface area contributed by atoms with Gasteiger partial charge in [-0.05, 0) is 25.1 Å². The van der Waals surface area contributed by atoms with Crippen molar-refractivity contribution in [2.75, 3.05) is 0 Å². The van der Waals surface area contributed by atoms with Crippen LogP contribution in [-0.2, 0) is 0 Å². The van der Waals surface area contributed by atoms with E-state index in [4.69, 9.17) is 0 Å². The molecule has 0 fully saturated rings. The van der Waals surface area contributed by atoms with Crippen molar-refractivity contribution in [2.45, 2.75) is 6.92 Å². The third kappa shape index (κ3) is 3.69. The predicted molar refractivity (Wildman–Crippen MR) is 77.1 cm³/mol. The van der Waals surface area contributed by atoms with Crippen molar-refractivity contribution in [1.29, 1.82) is 0 Å². The Kier molecular flexibility index (Phi) is 4.35. The Labute approximate surface area is 120 Å². The number of hydrogen-bond acceptors (Lipinski definition) is 5. The second kappa shape index (κ2) is 6.38. The molecule has 1 amide bonds. The summed E-state index contributed by atoms with van der Waals surface area (Å²) in [5.74, 6) is -0.437. The summed E-state index contributed by atoms with van der Waals surface area (Å²) in [7, 11) is 0. The molecule has 0 aliphatic heterocycles. The van der Waals surface area contributed by atoms with Crippen LogP contribution in [0.15, 0.2) is 47.8 Å². The first-order chi connectivity index (χ1) is 10.1. The lowest BCUT2D eigenvalue weighted by Crippen LogP contribution is -2.17. The average Bonchev–Trinajstić information content (AvgIpc) is 2.47. The number of hydrogen-bond donors (Lipinski definition) is 1. The molecule has 7 heteroatoms. The SMILES string of the molecule is Cc1cc(C(=O)N/N=C/c2cccnc2)ccc1[N+](=O)[O-]. The Morgan fingerprint density at radius 2 is 2.24 bits per heavy atom. The number of carbonyl (C=O) groups is 1. The number of amides is 1. The zero-order valence-corrected chi connectivity index (χ0v) is 11.2. The van der Waals surface area contributed by atoms with Gasteiger partial charge in [0.2, 0.25) is 0 Å². The molecule has 0 saturated heterocycles. The smallest absolute Gasteiger partial charge is 0.267 e. The molecule has 0 saturated carbocycles. The molecule has 0 spiro atoms. The Hall–Kier alpha value is -3.09. The highest BCUT2D eigenvalue weighted by Crippen LogP contribution is 2.18. The van der Waals surface area contributed by atoms with Crippen LogP contribution in [-0.4, -0.2) is 22.0 Å². The van der Waals surface area contributed by atoms with Crippen LogP contribution in [0, 0.1) is 17.0 Å². The molecule has 0 aliphatic carbocycles. The minimum absolute atomic E-state index is 0.0228. The standard InChI is InChI=1S/C14H12N4O3/c1-10-7-12(4-5-13(10)18(20)21)14(19)17-16-9-11-3-2-6-15-8-11/h2-9H,1H3,(H,17,19)/b16-9+. The summed E-state index contributed by atoms with van der Waals surface area (Å²) in [4.78, 5) is 26.0. The van der Waals surface area contributed by atoms with Crippen LogP contribution in [0.3, 0.4) is 0 Å². The lowest BCUT2D eigenvalue weighted by atomic mass is 10.1. The molecule has 106 valence electrons. The van der Waals surface area contributed by atoms with Gasteiger partial charge in [0, 0.05) is 35.2 Å². The lowest BCUT2D eigenvalue weighted by Gasteiger charge is -2.02. The summed E-state index contributed by atoms with van der Waals surface area (Å²) < 4.78 is 0. The van der Waals surface area contributed by atoms with E-state index in [0.29, 0.717) is 11.1 Å². The van der Waals surface area contributed by atoms with Gasteiger partial charge in [0.15, 0.2) is 0 Å². The fraction of sp³-hybridized carbons (Fsp3) is 0.0714. The van der Waals surface area contributed by atoms with Crippen molar-refractivity contribution < 1.29 is 9.72 Å². The zero-order chi connectivity index (χ0) is 15.2. The summed E-state index contributed by atoms with van der Waals surface area (Å²) in [5, 5.41) is 14.5. The molecule has 21 heavy (non-hydrogen) atoms. The van der Waals surface area contributed by atoms with E-state index in [-0.39, 0.29) is 5.69 Å². The Bertz CT molecular complexity index is 699. The van der Waals surface area contributed by atoms with E-state index in [0.717, 1.165) is 5.56 Å². The minimum Gasteiger partial charge on any atom is -0.267 e. The molecule has 7 nitrogen and oxygen atoms in total. The number of rotatable bonds is 4. The van der Waals surface area contributed by atoms with Gasteiger partial charge in [-0.25, -0.2) is 5.43 Å². The molecule has 1 aromatic heterocycles. The van der Waals surface area contributed by atoms with Crippen molar-refractivity contribution in [3.05, 3.63) is 69.5 Å². The van der Waals surface area contributed by atoms with Crippen molar-refractivity contribution in [3.63, 3.8) is 0 Å². The first-order valence-electron chi connectivity index (χ1n) is 6.06. The quantitative estimate of drug-likeness (QED) is 0.528. The minimum atomic E-state index is -0.489. The monoisotopic (exact) mass is 284 g/mol. The van der Waals surface area contributed by atoms with Crippen molar-refractivity contribution in [2.24, 2.45) is 5.10 Å². The van der Waals surface area contributed by atoms with Gasteiger partial charge in [0.1, 0.15) is 0 Å². The van der Waals surface area contributed by atoms with Gasteiger partial charge in [-0.1, -0.05) is 6.07 Å². The van der Waals surface area contributed by atoms with Crippen molar-refractivity contribution >= 4 is 17.8 Å². The molecule has 0 aliphatic rings. The second-order valence-electron chi connectivity index (χ2n) is 4.24. The number of benzene rings is 1. The maximum absolute atomic E-state index is 11.9. The summed E-state index contributed by atoms with van der Waals surface area (Å²) in [6.07, 6.45) is 4.70. The van der Waals surface area contributed by atoms with Gasteiger partial charge < -0.3 is 0 Å². The maximum Gasteiger partial charge on any atom is 0.272 e. The van der Waals surface area contributed by atoms with E-state index in [1.54, 1.807) is 31.5 Å². The third-order valence-corrected chi connectivity index (χ3v) is 2.72. The normalized spacial score (nSPS) is 10.5. The average molecular weight is 284 g/mol.